The fraction of sp³-hybridized carbons (Fsp3) is 0.290. The van der Waals surface area contributed by atoms with Gasteiger partial charge in [-0.05, 0) is 54.8 Å². The number of hydrogen-bond acceptors (Lipinski definition) is 4. The van der Waals surface area contributed by atoms with Crippen LogP contribution in [0.25, 0.3) is 12.2 Å². The Bertz CT molecular complexity index is 1160. The molecule has 0 saturated carbocycles. The predicted octanol–water partition coefficient (Wildman–Crippen LogP) is 7.45. The van der Waals surface area contributed by atoms with Crippen LogP contribution in [0.5, 0.6) is 0 Å². The van der Waals surface area contributed by atoms with Crippen molar-refractivity contribution in [2.24, 2.45) is 10.2 Å². The third kappa shape index (κ3) is 5.89. The molecule has 3 aromatic rings. The van der Waals surface area contributed by atoms with Gasteiger partial charge in [-0.25, -0.2) is 0 Å². The van der Waals surface area contributed by atoms with Crippen molar-refractivity contribution in [1.29, 1.82) is 0 Å². The first-order chi connectivity index (χ1) is 17.0. The minimum atomic E-state index is -0.456. The van der Waals surface area contributed by atoms with Crippen LogP contribution in [-0.4, -0.2) is 33.2 Å². The number of hydrogen-bond donors (Lipinski definition) is 0. The number of anilines is 2. The summed E-state index contributed by atoms with van der Waals surface area (Å²) in [6.07, 6.45) is 9.55. The van der Waals surface area contributed by atoms with E-state index in [0.717, 1.165) is 19.5 Å². The highest BCUT2D eigenvalue weighted by Gasteiger charge is 2.36. The Hall–Kier alpha value is -3.66. The molecule has 0 aliphatic carbocycles. The molecule has 35 heavy (non-hydrogen) atoms. The van der Waals surface area contributed by atoms with Crippen molar-refractivity contribution in [3.05, 3.63) is 108 Å². The molecule has 180 valence electrons. The molecule has 4 rings (SSSR count). The van der Waals surface area contributed by atoms with Crippen LogP contribution in [0.4, 0.5) is 11.4 Å². The lowest BCUT2D eigenvalue weighted by Gasteiger charge is -2.22. The molecule has 1 heterocycles. The van der Waals surface area contributed by atoms with Gasteiger partial charge in [-0.2, -0.15) is 10.2 Å². The number of nitrogens with zero attached hydrogens (tertiary/aromatic N) is 4. The van der Waals surface area contributed by atoms with Crippen LogP contribution in [0.3, 0.4) is 0 Å². The fourth-order valence-corrected chi connectivity index (χ4v) is 4.51. The van der Waals surface area contributed by atoms with E-state index in [0.29, 0.717) is 0 Å². The highest BCUT2D eigenvalue weighted by molar-refractivity contribution is 5.58. The smallest absolute Gasteiger partial charge is 0.127 e. The van der Waals surface area contributed by atoms with E-state index in [-0.39, 0.29) is 6.04 Å². The summed E-state index contributed by atoms with van der Waals surface area (Å²) in [5.74, 6) is 0. The lowest BCUT2D eigenvalue weighted by Crippen LogP contribution is -2.21. The molecule has 0 spiro atoms. The number of azo groups is 1. The third-order valence-electron chi connectivity index (χ3n) is 6.67. The molecule has 2 unspecified atom stereocenters. The zero-order valence-electron chi connectivity index (χ0n) is 21.3. The van der Waals surface area contributed by atoms with Crippen LogP contribution in [-0.2, 0) is 5.54 Å². The summed E-state index contributed by atoms with van der Waals surface area (Å²) in [6.45, 7) is 6.40. The van der Waals surface area contributed by atoms with Gasteiger partial charge in [0.25, 0.3) is 0 Å². The Morgan fingerprint density at radius 2 is 1.40 bits per heavy atom. The second kappa shape index (κ2) is 11.2. The van der Waals surface area contributed by atoms with Gasteiger partial charge in [-0.3, -0.25) is 0 Å². The first-order valence-corrected chi connectivity index (χ1v) is 12.5. The van der Waals surface area contributed by atoms with Crippen molar-refractivity contribution in [1.82, 2.24) is 0 Å². The summed E-state index contributed by atoms with van der Waals surface area (Å²) >= 11 is 0. The standard InChI is InChI=1S/C31H36N4/c1-5-35(6-2)30-20-15-26(16-21-30)22-23-31(27-10-8-7-9-11-27)24-28(32-33-31)17-12-25-13-18-29(19-14-25)34(3)4/h7-23,28H,5-6,24H2,1-4H3. The second-order valence-electron chi connectivity index (χ2n) is 9.22. The van der Waals surface area contributed by atoms with Crippen molar-refractivity contribution in [2.75, 3.05) is 37.0 Å². The topological polar surface area (TPSA) is 31.2 Å². The molecule has 3 aromatic carbocycles. The molecular weight excluding hydrogens is 428 g/mol. The van der Waals surface area contributed by atoms with Crippen molar-refractivity contribution < 1.29 is 0 Å². The normalized spacial score (nSPS) is 19.6. The van der Waals surface area contributed by atoms with Gasteiger partial charge in [0.05, 0.1) is 6.04 Å². The third-order valence-corrected chi connectivity index (χ3v) is 6.67. The quantitative estimate of drug-likeness (QED) is 0.329. The van der Waals surface area contributed by atoms with Gasteiger partial charge in [0.2, 0.25) is 0 Å². The van der Waals surface area contributed by atoms with Gasteiger partial charge >= 0.3 is 0 Å². The zero-order chi connectivity index (χ0) is 24.7. The van der Waals surface area contributed by atoms with Crippen LogP contribution in [0.15, 0.2) is 101 Å². The van der Waals surface area contributed by atoms with Crippen LogP contribution < -0.4 is 9.80 Å². The Labute approximate surface area is 210 Å². The molecule has 0 aromatic heterocycles. The van der Waals surface area contributed by atoms with Crippen molar-refractivity contribution in [2.45, 2.75) is 31.8 Å². The van der Waals surface area contributed by atoms with Crippen molar-refractivity contribution >= 4 is 23.5 Å². The van der Waals surface area contributed by atoms with Crippen molar-refractivity contribution in [3.8, 4) is 0 Å². The van der Waals surface area contributed by atoms with E-state index in [9.17, 15) is 0 Å². The summed E-state index contributed by atoms with van der Waals surface area (Å²) in [4.78, 5) is 4.46. The largest absolute Gasteiger partial charge is 0.378 e. The van der Waals surface area contributed by atoms with Gasteiger partial charge in [0.1, 0.15) is 5.54 Å². The maximum Gasteiger partial charge on any atom is 0.127 e. The predicted molar refractivity (Wildman–Crippen MR) is 150 cm³/mol. The molecule has 0 bridgehead atoms. The molecule has 1 aliphatic rings. The Morgan fingerprint density at radius 3 is 2.00 bits per heavy atom. The zero-order valence-corrected chi connectivity index (χ0v) is 21.3. The molecule has 4 nitrogen and oxygen atoms in total. The number of rotatable bonds is 9. The minimum absolute atomic E-state index is 0.0402. The summed E-state index contributed by atoms with van der Waals surface area (Å²) in [5, 5.41) is 9.50. The maximum atomic E-state index is 4.83. The number of benzene rings is 3. The van der Waals surface area contributed by atoms with Gasteiger partial charge in [-0.1, -0.05) is 78.9 Å². The molecule has 0 N–H and O–H groups in total. The van der Waals surface area contributed by atoms with Crippen LogP contribution in [0, 0.1) is 0 Å². The monoisotopic (exact) mass is 464 g/mol. The van der Waals surface area contributed by atoms with E-state index in [4.69, 9.17) is 5.11 Å². The highest BCUT2D eigenvalue weighted by atomic mass is 15.2. The molecule has 4 heteroatoms. The van der Waals surface area contributed by atoms with E-state index in [1.165, 1.54) is 28.1 Å². The highest BCUT2D eigenvalue weighted by Crippen LogP contribution is 2.40. The van der Waals surface area contributed by atoms with E-state index in [2.05, 4.69) is 140 Å². The van der Waals surface area contributed by atoms with Crippen LogP contribution in [0.1, 0.15) is 37.0 Å². The lowest BCUT2D eigenvalue weighted by molar-refractivity contribution is 0.557. The summed E-state index contributed by atoms with van der Waals surface area (Å²) in [5.41, 5.74) is 5.52. The molecule has 0 saturated heterocycles. The maximum absolute atomic E-state index is 4.83. The Morgan fingerprint density at radius 1 is 0.800 bits per heavy atom. The van der Waals surface area contributed by atoms with E-state index < -0.39 is 5.54 Å². The summed E-state index contributed by atoms with van der Waals surface area (Å²) in [7, 11) is 4.11. The van der Waals surface area contributed by atoms with Gasteiger partial charge in [0.15, 0.2) is 0 Å². The Kier molecular flexibility index (Phi) is 7.81. The molecular formula is C31H36N4. The molecule has 0 radical (unpaired) electrons. The molecule has 0 amide bonds. The average molecular weight is 465 g/mol. The summed E-state index contributed by atoms with van der Waals surface area (Å²) in [6, 6.07) is 27.9. The second-order valence-corrected chi connectivity index (χ2v) is 9.22. The lowest BCUT2D eigenvalue weighted by atomic mass is 9.85. The van der Waals surface area contributed by atoms with E-state index in [1.807, 2.05) is 6.07 Å². The first kappa shape index (κ1) is 24.5. The van der Waals surface area contributed by atoms with Gasteiger partial charge in [-0.15, -0.1) is 0 Å². The van der Waals surface area contributed by atoms with Crippen LogP contribution >= 0.6 is 0 Å². The van der Waals surface area contributed by atoms with E-state index >= 15 is 0 Å². The molecule has 0 fully saturated rings. The Balaban J connectivity index is 1.53. The first-order valence-electron chi connectivity index (χ1n) is 12.5. The molecule has 2 atom stereocenters. The minimum Gasteiger partial charge on any atom is -0.378 e. The SMILES string of the molecule is CCN(CC)c1ccc(C=CC2(c3ccccc3)CC(C=Cc3ccc(N(C)C)cc3)N=N2)cc1. The molecule has 1 aliphatic heterocycles. The van der Waals surface area contributed by atoms with Crippen molar-refractivity contribution in [3.63, 3.8) is 0 Å². The average Bonchev–Trinajstić information content (AvgIpc) is 3.33. The van der Waals surface area contributed by atoms with Gasteiger partial charge < -0.3 is 9.80 Å². The van der Waals surface area contributed by atoms with E-state index in [1.54, 1.807) is 0 Å². The summed E-state index contributed by atoms with van der Waals surface area (Å²) < 4.78 is 0. The van der Waals surface area contributed by atoms with Crippen LogP contribution in [0.2, 0.25) is 0 Å². The van der Waals surface area contributed by atoms with Gasteiger partial charge in [0, 0.05) is 45.0 Å². The fourth-order valence-electron chi connectivity index (χ4n) is 4.51.